The minimum atomic E-state index is -0.960. The lowest BCUT2D eigenvalue weighted by atomic mass is 10.0. The maximum absolute atomic E-state index is 12.7. The lowest BCUT2D eigenvalue weighted by Gasteiger charge is -2.41. The Bertz CT molecular complexity index is 683. The van der Waals surface area contributed by atoms with Crippen LogP contribution in [0, 0.1) is 0 Å². The maximum atomic E-state index is 12.7. The zero-order valence-electron chi connectivity index (χ0n) is 13.2. The van der Waals surface area contributed by atoms with Crippen LogP contribution in [0.5, 0.6) is 5.75 Å². The van der Waals surface area contributed by atoms with Gasteiger partial charge in [0.25, 0.3) is 11.8 Å². The van der Waals surface area contributed by atoms with E-state index in [4.69, 9.17) is 16.2 Å². The Morgan fingerprint density at radius 1 is 1.43 bits per heavy atom. The summed E-state index contributed by atoms with van der Waals surface area (Å²) in [5.74, 6) is -0.473. The second-order valence-corrected chi connectivity index (χ2v) is 6.70. The Morgan fingerprint density at radius 3 is 2.65 bits per heavy atom. The van der Waals surface area contributed by atoms with Crippen LogP contribution in [0.2, 0.25) is 0 Å². The van der Waals surface area contributed by atoms with Crippen molar-refractivity contribution in [2.75, 3.05) is 9.33 Å². The van der Waals surface area contributed by atoms with E-state index in [1.54, 1.807) is 36.9 Å². The molecule has 1 atom stereocenters. The summed E-state index contributed by atoms with van der Waals surface area (Å²) in [5, 5.41) is 0. The smallest absolute Gasteiger partial charge is 0.280 e. The van der Waals surface area contributed by atoms with Gasteiger partial charge in [-0.25, -0.2) is 0 Å². The average Bonchev–Trinajstić information content (AvgIpc) is 2.46. The number of carbonyl (C=O) groups excluding carboxylic acids is 2. The Balaban J connectivity index is 2.55. The number of amides is 2. The van der Waals surface area contributed by atoms with E-state index in [1.807, 2.05) is 6.92 Å². The van der Waals surface area contributed by atoms with Gasteiger partial charge in [0.05, 0.1) is 5.69 Å². The van der Waals surface area contributed by atoms with E-state index < -0.39 is 11.5 Å². The number of alkyl halides is 1. The Hall–Kier alpha value is -1.84. The quantitative estimate of drug-likeness (QED) is 0.326. The molecule has 1 heterocycles. The zero-order chi connectivity index (χ0) is 17.4. The van der Waals surface area contributed by atoms with E-state index in [2.05, 4.69) is 27.6 Å². The summed E-state index contributed by atoms with van der Waals surface area (Å²) in [6.07, 6.45) is 0. The van der Waals surface area contributed by atoms with Crippen LogP contribution in [-0.2, 0) is 4.79 Å². The van der Waals surface area contributed by atoms with Crippen molar-refractivity contribution in [2.45, 2.75) is 32.4 Å². The number of hydrogen-bond donors (Lipinski definition) is 2. The van der Waals surface area contributed by atoms with E-state index >= 15 is 0 Å². The number of benzene rings is 1. The fourth-order valence-electron chi connectivity index (χ4n) is 2.33. The summed E-state index contributed by atoms with van der Waals surface area (Å²) in [6.45, 7) is 5.40. The molecule has 23 heavy (non-hydrogen) atoms. The van der Waals surface area contributed by atoms with Crippen molar-refractivity contribution >= 4 is 46.1 Å². The van der Waals surface area contributed by atoms with Crippen molar-refractivity contribution in [1.29, 1.82) is 0 Å². The Labute approximate surface area is 148 Å². The highest BCUT2D eigenvalue weighted by Gasteiger charge is 2.42. The SMILES string of the molecule is CC(CI)N1C(=O)C(C)(C)Oc2ccc(C(=O)N=C(N)N)cc21. The van der Waals surface area contributed by atoms with E-state index in [-0.39, 0.29) is 17.9 Å². The summed E-state index contributed by atoms with van der Waals surface area (Å²) < 4.78 is 6.52. The Kier molecular flexibility index (Phi) is 4.83. The summed E-state index contributed by atoms with van der Waals surface area (Å²) in [6, 6.07) is 4.77. The predicted molar refractivity (Wildman–Crippen MR) is 97.1 cm³/mol. The molecule has 8 heteroatoms. The van der Waals surface area contributed by atoms with Gasteiger partial charge in [0.1, 0.15) is 5.75 Å². The van der Waals surface area contributed by atoms with Crippen molar-refractivity contribution in [3.8, 4) is 5.75 Å². The van der Waals surface area contributed by atoms with Gasteiger partial charge in [0, 0.05) is 16.0 Å². The molecule has 1 aromatic rings. The van der Waals surface area contributed by atoms with Crippen molar-refractivity contribution in [3.05, 3.63) is 23.8 Å². The molecule has 2 amide bonds. The first kappa shape index (κ1) is 17.5. The van der Waals surface area contributed by atoms with E-state index in [0.717, 1.165) is 4.43 Å². The van der Waals surface area contributed by atoms with Gasteiger partial charge < -0.3 is 21.1 Å². The highest BCUT2D eigenvalue weighted by Crippen LogP contribution is 2.39. The van der Waals surface area contributed by atoms with Gasteiger partial charge in [-0.15, -0.1) is 0 Å². The molecule has 1 aliphatic heterocycles. The second-order valence-electron chi connectivity index (χ2n) is 5.82. The highest BCUT2D eigenvalue weighted by molar-refractivity contribution is 14.1. The van der Waals surface area contributed by atoms with Crippen molar-refractivity contribution < 1.29 is 14.3 Å². The van der Waals surface area contributed by atoms with Crippen LogP contribution in [0.25, 0.3) is 0 Å². The van der Waals surface area contributed by atoms with Gasteiger partial charge >= 0.3 is 0 Å². The number of nitrogens with zero attached hydrogens (tertiary/aromatic N) is 2. The van der Waals surface area contributed by atoms with E-state index in [1.165, 1.54) is 0 Å². The van der Waals surface area contributed by atoms with Crippen LogP contribution in [0.4, 0.5) is 5.69 Å². The van der Waals surface area contributed by atoms with Gasteiger partial charge in [0.2, 0.25) is 0 Å². The van der Waals surface area contributed by atoms with Crippen LogP contribution in [-0.4, -0.2) is 33.8 Å². The van der Waals surface area contributed by atoms with Crippen molar-refractivity contribution in [3.63, 3.8) is 0 Å². The topological polar surface area (TPSA) is 111 Å². The predicted octanol–water partition coefficient (Wildman–Crippen LogP) is 1.43. The zero-order valence-corrected chi connectivity index (χ0v) is 15.3. The average molecular weight is 430 g/mol. The lowest BCUT2D eigenvalue weighted by molar-refractivity contribution is -0.133. The summed E-state index contributed by atoms with van der Waals surface area (Å²) in [4.78, 5) is 29.9. The molecule has 7 nitrogen and oxygen atoms in total. The molecule has 4 N–H and O–H groups in total. The molecular formula is C15H19IN4O3. The largest absolute Gasteiger partial charge is 0.476 e. The highest BCUT2D eigenvalue weighted by atomic mass is 127. The van der Waals surface area contributed by atoms with Crippen LogP contribution in [0.15, 0.2) is 23.2 Å². The summed E-state index contributed by atoms with van der Waals surface area (Å²) in [5.41, 5.74) is 10.4. The van der Waals surface area contributed by atoms with Crippen LogP contribution >= 0.6 is 22.6 Å². The third kappa shape index (κ3) is 3.41. The molecule has 0 bridgehead atoms. The molecule has 0 aliphatic carbocycles. The standard InChI is InChI=1S/C15H19IN4O3/c1-8(7-16)20-10-6-9(12(21)19-14(17)18)4-5-11(10)23-15(2,3)13(20)22/h4-6,8H,7H2,1-3H3,(H4,17,18,19,21). The van der Waals surface area contributed by atoms with Crippen LogP contribution < -0.4 is 21.1 Å². The molecule has 0 saturated heterocycles. The monoisotopic (exact) mass is 430 g/mol. The number of nitrogens with two attached hydrogens (primary N) is 2. The normalized spacial score (nSPS) is 17.0. The molecule has 0 fully saturated rings. The Morgan fingerprint density at radius 2 is 2.09 bits per heavy atom. The number of hydrogen-bond acceptors (Lipinski definition) is 3. The first-order chi connectivity index (χ1) is 10.7. The number of rotatable bonds is 3. The third-order valence-electron chi connectivity index (χ3n) is 3.46. The summed E-state index contributed by atoms with van der Waals surface area (Å²) in [7, 11) is 0. The third-order valence-corrected chi connectivity index (χ3v) is 4.73. The van der Waals surface area contributed by atoms with Crippen molar-refractivity contribution in [1.82, 2.24) is 0 Å². The van der Waals surface area contributed by atoms with Gasteiger partial charge in [-0.2, -0.15) is 4.99 Å². The molecule has 124 valence electrons. The molecule has 0 saturated carbocycles. The molecule has 2 rings (SSSR count). The molecule has 1 aliphatic rings. The number of ether oxygens (including phenoxy) is 1. The minimum absolute atomic E-state index is 0.0431. The first-order valence-electron chi connectivity index (χ1n) is 7.04. The van der Waals surface area contributed by atoms with E-state index in [9.17, 15) is 9.59 Å². The number of aliphatic imine (C=N–C) groups is 1. The van der Waals surface area contributed by atoms with Crippen molar-refractivity contribution in [2.24, 2.45) is 16.5 Å². The minimum Gasteiger partial charge on any atom is -0.476 e. The number of halogens is 1. The van der Waals surface area contributed by atoms with Crippen LogP contribution in [0.3, 0.4) is 0 Å². The first-order valence-corrected chi connectivity index (χ1v) is 8.56. The van der Waals surface area contributed by atoms with Gasteiger partial charge in [-0.3, -0.25) is 9.59 Å². The molecule has 0 radical (unpaired) electrons. The van der Waals surface area contributed by atoms with Gasteiger partial charge in [-0.05, 0) is 39.0 Å². The fourth-order valence-corrected chi connectivity index (χ4v) is 2.73. The maximum Gasteiger partial charge on any atom is 0.280 e. The van der Waals surface area contributed by atoms with E-state index in [0.29, 0.717) is 17.0 Å². The number of fused-ring (bicyclic) bond motifs is 1. The second kappa shape index (κ2) is 6.34. The molecule has 1 unspecified atom stereocenters. The molecule has 1 aromatic carbocycles. The van der Waals surface area contributed by atoms with Gasteiger partial charge in [0.15, 0.2) is 11.6 Å². The molecular weight excluding hydrogens is 411 g/mol. The lowest BCUT2D eigenvalue weighted by Crippen LogP contribution is -2.55. The number of anilines is 1. The number of carbonyl (C=O) groups is 2. The fraction of sp³-hybridized carbons (Fsp3) is 0.400. The van der Waals surface area contributed by atoms with Crippen LogP contribution in [0.1, 0.15) is 31.1 Å². The number of guanidine groups is 1. The van der Waals surface area contributed by atoms with Gasteiger partial charge in [-0.1, -0.05) is 22.6 Å². The molecule has 0 aromatic heterocycles. The summed E-state index contributed by atoms with van der Waals surface area (Å²) >= 11 is 2.22. The molecule has 0 spiro atoms.